The number of nitrogen functional groups attached to an aromatic ring is 1. The van der Waals surface area contributed by atoms with Crippen LogP contribution in [0, 0.1) is 0 Å². The monoisotopic (exact) mass is 617 g/mol. The first-order chi connectivity index (χ1) is 20.3. The molecular formula is C29H27ClF3N5O5. The van der Waals surface area contributed by atoms with Gasteiger partial charge in [0.2, 0.25) is 0 Å². The lowest BCUT2D eigenvalue weighted by Gasteiger charge is -2.27. The number of methoxy groups -OCH3 is 1. The normalized spacial score (nSPS) is 11.5. The SMILES string of the molecule is COC(=O)Nc1ccc(-c2nc([C@H](Cc3ccccc3)N(C)C(=O)c3ccc(N)cc3)[nH]c2Cl)cc1.O=C(O)C(F)(F)F. The lowest BCUT2D eigenvalue weighted by molar-refractivity contribution is -0.192. The average Bonchev–Trinajstić information content (AvgIpc) is 3.37. The van der Waals surface area contributed by atoms with E-state index in [1.807, 2.05) is 30.3 Å². The van der Waals surface area contributed by atoms with Crippen molar-refractivity contribution < 1.29 is 37.4 Å². The number of carbonyl (C=O) groups excluding carboxylic acids is 2. The second-order valence-electron chi connectivity index (χ2n) is 9.03. The number of H-pyrrole nitrogens is 1. The van der Waals surface area contributed by atoms with Gasteiger partial charge in [-0.25, -0.2) is 14.6 Å². The number of likely N-dealkylation sites (N-methyl/N-ethyl adjacent to an activating group) is 1. The summed E-state index contributed by atoms with van der Waals surface area (Å²) in [5.41, 5.74) is 9.82. The first kappa shape index (κ1) is 32.5. The van der Waals surface area contributed by atoms with Crippen LogP contribution in [0.4, 0.5) is 29.3 Å². The lowest BCUT2D eigenvalue weighted by Crippen LogP contribution is -2.33. The van der Waals surface area contributed by atoms with Crippen LogP contribution in [0.2, 0.25) is 5.15 Å². The number of nitrogens with one attached hydrogen (secondary N) is 2. The molecule has 0 aliphatic carbocycles. The molecule has 4 aromatic rings. The Labute approximate surface area is 249 Å². The van der Waals surface area contributed by atoms with Crippen LogP contribution < -0.4 is 11.1 Å². The number of hydrogen-bond acceptors (Lipinski definition) is 6. The minimum Gasteiger partial charge on any atom is -0.475 e. The first-order valence-corrected chi connectivity index (χ1v) is 12.9. The van der Waals surface area contributed by atoms with Crippen LogP contribution in [-0.4, -0.2) is 58.3 Å². The zero-order chi connectivity index (χ0) is 31.7. The molecule has 0 unspecified atom stereocenters. The molecule has 3 aromatic carbocycles. The topological polar surface area (TPSA) is 151 Å². The Morgan fingerprint density at radius 1 is 1.05 bits per heavy atom. The summed E-state index contributed by atoms with van der Waals surface area (Å²) in [4.78, 5) is 43.3. The van der Waals surface area contributed by atoms with Crippen molar-refractivity contribution in [3.05, 3.63) is 101 Å². The summed E-state index contributed by atoms with van der Waals surface area (Å²) in [7, 11) is 3.05. The Balaban J connectivity index is 0.000000646. The molecule has 0 saturated heterocycles. The van der Waals surface area contributed by atoms with E-state index < -0.39 is 24.3 Å². The number of benzene rings is 3. The predicted octanol–water partition coefficient (Wildman–Crippen LogP) is 6.18. The van der Waals surface area contributed by atoms with E-state index in [-0.39, 0.29) is 5.91 Å². The third-order valence-electron chi connectivity index (χ3n) is 6.04. The third kappa shape index (κ3) is 8.97. The number of ether oxygens (including phenoxy) is 1. The van der Waals surface area contributed by atoms with Crippen molar-refractivity contribution in [3.8, 4) is 11.3 Å². The largest absolute Gasteiger partial charge is 0.490 e. The van der Waals surface area contributed by atoms with E-state index in [0.717, 1.165) is 11.1 Å². The van der Waals surface area contributed by atoms with Crippen molar-refractivity contribution in [2.24, 2.45) is 0 Å². The van der Waals surface area contributed by atoms with Crippen LogP contribution in [-0.2, 0) is 16.0 Å². The van der Waals surface area contributed by atoms with Crippen LogP contribution in [0.15, 0.2) is 78.9 Å². The summed E-state index contributed by atoms with van der Waals surface area (Å²) in [6.07, 6.45) is -5.11. The van der Waals surface area contributed by atoms with Crippen LogP contribution in [0.3, 0.4) is 0 Å². The minimum atomic E-state index is -5.08. The molecule has 0 radical (unpaired) electrons. The highest BCUT2D eigenvalue weighted by Gasteiger charge is 2.38. The van der Waals surface area contributed by atoms with Gasteiger partial charge in [0.1, 0.15) is 16.7 Å². The molecule has 43 heavy (non-hydrogen) atoms. The van der Waals surface area contributed by atoms with Gasteiger partial charge in [0.15, 0.2) is 0 Å². The summed E-state index contributed by atoms with van der Waals surface area (Å²) in [5, 5.41) is 10.1. The van der Waals surface area contributed by atoms with E-state index >= 15 is 0 Å². The summed E-state index contributed by atoms with van der Waals surface area (Å²) in [5.74, 6) is -2.36. The molecular weight excluding hydrogens is 591 g/mol. The summed E-state index contributed by atoms with van der Waals surface area (Å²) in [6.45, 7) is 0. The number of carboxylic acids is 1. The molecule has 0 fully saturated rings. The Bertz CT molecular complexity index is 1550. The van der Waals surface area contributed by atoms with E-state index in [4.69, 9.17) is 32.2 Å². The van der Waals surface area contributed by atoms with Gasteiger partial charge >= 0.3 is 18.2 Å². The van der Waals surface area contributed by atoms with Gasteiger partial charge in [-0.3, -0.25) is 10.1 Å². The van der Waals surface area contributed by atoms with Gasteiger partial charge < -0.3 is 25.5 Å². The van der Waals surface area contributed by atoms with Crippen LogP contribution in [0.25, 0.3) is 11.3 Å². The molecule has 0 aliphatic heterocycles. The fourth-order valence-electron chi connectivity index (χ4n) is 3.82. The maximum absolute atomic E-state index is 13.3. The van der Waals surface area contributed by atoms with Crippen LogP contribution in [0.1, 0.15) is 27.8 Å². The van der Waals surface area contributed by atoms with Gasteiger partial charge in [-0.15, -0.1) is 0 Å². The van der Waals surface area contributed by atoms with E-state index in [9.17, 15) is 22.8 Å². The standard InChI is InChI=1S/C27H26ClN5O3.C2HF3O2/c1-33(26(34)19-8-12-20(29)13-9-19)22(16-17-6-4-3-5-7-17)25-31-23(24(28)32-25)18-10-14-21(15-11-18)30-27(35)36-2;3-2(4,5)1(6)7/h3-15,22H,16,29H2,1-2H3,(H,30,35)(H,31,32);(H,6,7)/t22-;/m0./s1. The number of rotatable bonds is 7. The second kappa shape index (κ2) is 14.2. The summed E-state index contributed by atoms with van der Waals surface area (Å²) < 4.78 is 36.4. The number of carboxylic acid groups (broad SMARTS) is 1. The van der Waals surface area contributed by atoms with Crippen molar-refractivity contribution >= 4 is 40.9 Å². The highest BCUT2D eigenvalue weighted by atomic mass is 35.5. The lowest BCUT2D eigenvalue weighted by atomic mass is 10.0. The molecule has 1 heterocycles. The molecule has 226 valence electrons. The fourth-order valence-corrected chi connectivity index (χ4v) is 4.07. The summed E-state index contributed by atoms with van der Waals surface area (Å²) >= 11 is 6.57. The summed E-state index contributed by atoms with van der Waals surface area (Å²) in [6, 6.07) is 23.3. The predicted molar refractivity (Wildman–Crippen MR) is 155 cm³/mol. The van der Waals surface area contributed by atoms with Gasteiger partial charge in [-0.05, 0) is 42.0 Å². The van der Waals surface area contributed by atoms with Crippen molar-refractivity contribution in [2.45, 2.75) is 18.6 Å². The van der Waals surface area contributed by atoms with Gasteiger partial charge in [-0.1, -0.05) is 54.1 Å². The number of anilines is 2. The minimum absolute atomic E-state index is 0.164. The second-order valence-corrected chi connectivity index (χ2v) is 9.40. The molecule has 0 aliphatic rings. The Morgan fingerprint density at radius 3 is 2.16 bits per heavy atom. The highest BCUT2D eigenvalue weighted by molar-refractivity contribution is 6.31. The number of alkyl halides is 3. The molecule has 1 aromatic heterocycles. The zero-order valence-electron chi connectivity index (χ0n) is 22.9. The van der Waals surface area contributed by atoms with Gasteiger partial charge in [0, 0.05) is 36.0 Å². The quantitative estimate of drug-likeness (QED) is 0.181. The Hall–Kier alpha value is -5.04. The number of hydrogen-bond donors (Lipinski definition) is 4. The molecule has 2 amide bonds. The van der Waals surface area contributed by atoms with Crippen LogP contribution >= 0.6 is 11.6 Å². The highest BCUT2D eigenvalue weighted by Crippen LogP contribution is 2.32. The number of imidazole rings is 1. The molecule has 14 heteroatoms. The molecule has 0 saturated carbocycles. The number of amides is 2. The number of nitrogens with two attached hydrogens (primary N) is 1. The van der Waals surface area contributed by atoms with Crippen molar-refractivity contribution in [2.75, 3.05) is 25.2 Å². The third-order valence-corrected chi connectivity index (χ3v) is 6.32. The van der Waals surface area contributed by atoms with Gasteiger partial charge in [0.05, 0.1) is 13.2 Å². The number of nitrogens with zero attached hydrogens (tertiary/aromatic N) is 2. The maximum atomic E-state index is 13.3. The molecule has 0 bridgehead atoms. The molecule has 10 nitrogen and oxygen atoms in total. The van der Waals surface area contributed by atoms with E-state index in [1.54, 1.807) is 60.5 Å². The Morgan fingerprint density at radius 2 is 1.63 bits per heavy atom. The molecule has 5 N–H and O–H groups in total. The number of halogens is 4. The first-order valence-electron chi connectivity index (χ1n) is 12.5. The van der Waals surface area contributed by atoms with Crippen molar-refractivity contribution in [1.29, 1.82) is 0 Å². The van der Waals surface area contributed by atoms with Crippen molar-refractivity contribution in [3.63, 3.8) is 0 Å². The van der Waals surface area contributed by atoms with Gasteiger partial charge in [-0.2, -0.15) is 13.2 Å². The van der Waals surface area contributed by atoms with E-state index in [2.05, 4.69) is 15.0 Å². The number of aliphatic carboxylic acids is 1. The smallest absolute Gasteiger partial charge is 0.475 e. The maximum Gasteiger partial charge on any atom is 0.490 e. The molecule has 0 spiro atoms. The van der Waals surface area contributed by atoms with Crippen molar-refractivity contribution in [1.82, 2.24) is 14.9 Å². The van der Waals surface area contributed by atoms with E-state index in [0.29, 0.717) is 40.0 Å². The number of aromatic nitrogens is 2. The van der Waals surface area contributed by atoms with Gasteiger partial charge in [0.25, 0.3) is 5.91 Å². The van der Waals surface area contributed by atoms with Crippen LogP contribution in [0.5, 0.6) is 0 Å². The molecule has 4 rings (SSSR count). The number of carbonyl (C=O) groups is 3. The molecule has 1 atom stereocenters. The zero-order valence-corrected chi connectivity index (χ0v) is 23.6. The fraction of sp³-hybridized carbons (Fsp3) is 0.172. The number of aromatic amines is 1. The average molecular weight is 618 g/mol. The Kier molecular flexibility index (Phi) is 10.7. The van der Waals surface area contributed by atoms with E-state index in [1.165, 1.54) is 7.11 Å².